The van der Waals surface area contributed by atoms with Crippen LogP contribution in [0, 0.1) is 0 Å². The predicted molar refractivity (Wildman–Crippen MR) is 56.0 cm³/mol. The third-order valence-electron chi connectivity index (χ3n) is 2.70. The third kappa shape index (κ3) is 1.68. The first-order valence-corrected chi connectivity index (χ1v) is 4.82. The fourth-order valence-corrected chi connectivity index (χ4v) is 1.98. The lowest BCUT2D eigenvalue weighted by atomic mass is 10.1. The highest BCUT2D eigenvalue weighted by Gasteiger charge is 2.15. The number of fused-ring (bicyclic) bond motifs is 1. The Morgan fingerprint density at radius 2 is 2.15 bits per heavy atom. The maximum Gasteiger partial charge on any atom is 0.0396 e. The SMILES string of the molecule is CN1CC(N)CCc2ccccc21. The van der Waals surface area contributed by atoms with Gasteiger partial charge in [-0.25, -0.2) is 0 Å². The van der Waals surface area contributed by atoms with Crippen LogP contribution in [0.5, 0.6) is 0 Å². The molecule has 0 spiro atoms. The zero-order valence-corrected chi connectivity index (χ0v) is 8.03. The Kier molecular flexibility index (Phi) is 2.23. The normalized spacial score (nSPS) is 22.3. The van der Waals surface area contributed by atoms with Gasteiger partial charge in [0.25, 0.3) is 0 Å². The van der Waals surface area contributed by atoms with Crippen molar-refractivity contribution in [2.45, 2.75) is 18.9 Å². The van der Waals surface area contributed by atoms with Gasteiger partial charge in [0.2, 0.25) is 0 Å². The summed E-state index contributed by atoms with van der Waals surface area (Å²) in [6.45, 7) is 0.969. The molecule has 0 bridgehead atoms. The van der Waals surface area contributed by atoms with Crippen LogP contribution in [0.25, 0.3) is 0 Å². The minimum Gasteiger partial charge on any atom is -0.373 e. The average molecular weight is 176 g/mol. The molecule has 2 rings (SSSR count). The van der Waals surface area contributed by atoms with Crippen LogP contribution in [0.15, 0.2) is 24.3 Å². The number of aryl methyl sites for hydroxylation is 1. The predicted octanol–water partition coefficient (Wildman–Crippen LogP) is 1.40. The second kappa shape index (κ2) is 3.38. The van der Waals surface area contributed by atoms with E-state index in [2.05, 4.69) is 36.2 Å². The van der Waals surface area contributed by atoms with E-state index in [0.717, 1.165) is 19.4 Å². The van der Waals surface area contributed by atoms with Crippen LogP contribution in [-0.2, 0) is 6.42 Å². The van der Waals surface area contributed by atoms with Gasteiger partial charge in [0, 0.05) is 25.3 Å². The molecule has 0 aromatic heterocycles. The highest BCUT2D eigenvalue weighted by Crippen LogP contribution is 2.23. The summed E-state index contributed by atoms with van der Waals surface area (Å²) in [7, 11) is 2.12. The fourth-order valence-electron chi connectivity index (χ4n) is 1.98. The standard InChI is InChI=1S/C11H16N2/c1-13-8-10(12)7-6-9-4-2-3-5-11(9)13/h2-5,10H,6-8,12H2,1H3. The van der Waals surface area contributed by atoms with Crippen molar-refractivity contribution in [1.82, 2.24) is 0 Å². The summed E-state index contributed by atoms with van der Waals surface area (Å²) in [5.74, 6) is 0. The van der Waals surface area contributed by atoms with E-state index in [-0.39, 0.29) is 0 Å². The van der Waals surface area contributed by atoms with Crippen molar-refractivity contribution >= 4 is 5.69 Å². The van der Waals surface area contributed by atoms with Crippen molar-refractivity contribution in [2.24, 2.45) is 5.73 Å². The second-order valence-electron chi connectivity index (χ2n) is 3.81. The second-order valence-corrected chi connectivity index (χ2v) is 3.81. The molecule has 1 aliphatic heterocycles. The number of anilines is 1. The number of hydrogen-bond donors (Lipinski definition) is 1. The monoisotopic (exact) mass is 176 g/mol. The molecule has 0 amide bonds. The molecular weight excluding hydrogens is 160 g/mol. The minimum atomic E-state index is 0.317. The van der Waals surface area contributed by atoms with Gasteiger partial charge in [0.15, 0.2) is 0 Å². The van der Waals surface area contributed by atoms with Gasteiger partial charge in [-0.1, -0.05) is 18.2 Å². The first kappa shape index (κ1) is 8.57. The molecule has 1 unspecified atom stereocenters. The summed E-state index contributed by atoms with van der Waals surface area (Å²) in [5.41, 5.74) is 8.73. The molecule has 13 heavy (non-hydrogen) atoms. The van der Waals surface area contributed by atoms with E-state index in [9.17, 15) is 0 Å². The summed E-state index contributed by atoms with van der Waals surface area (Å²) in [6, 6.07) is 8.88. The lowest BCUT2D eigenvalue weighted by molar-refractivity contribution is 0.625. The molecule has 2 N–H and O–H groups in total. The summed E-state index contributed by atoms with van der Waals surface area (Å²) in [4.78, 5) is 2.26. The van der Waals surface area contributed by atoms with Crippen LogP contribution in [0.4, 0.5) is 5.69 Å². The Labute approximate surface area is 79.4 Å². The van der Waals surface area contributed by atoms with Crippen molar-refractivity contribution < 1.29 is 0 Å². The van der Waals surface area contributed by atoms with Gasteiger partial charge in [-0.3, -0.25) is 0 Å². The topological polar surface area (TPSA) is 29.3 Å². The Bertz CT molecular complexity index is 296. The first-order valence-electron chi connectivity index (χ1n) is 4.82. The number of likely N-dealkylation sites (N-methyl/N-ethyl adjacent to an activating group) is 1. The van der Waals surface area contributed by atoms with Crippen molar-refractivity contribution in [3.8, 4) is 0 Å². The van der Waals surface area contributed by atoms with E-state index in [4.69, 9.17) is 5.73 Å². The van der Waals surface area contributed by atoms with Gasteiger partial charge in [-0.2, -0.15) is 0 Å². The molecule has 1 aliphatic rings. The highest BCUT2D eigenvalue weighted by atomic mass is 15.1. The van der Waals surface area contributed by atoms with Crippen molar-refractivity contribution in [3.05, 3.63) is 29.8 Å². The summed E-state index contributed by atoms with van der Waals surface area (Å²) < 4.78 is 0. The van der Waals surface area contributed by atoms with Crippen molar-refractivity contribution in [2.75, 3.05) is 18.5 Å². The van der Waals surface area contributed by atoms with Gasteiger partial charge in [0.05, 0.1) is 0 Å². The molecule has 1 aromatic carbocycles. The molecule has 1 heterocycles. The van der Waals surface area contributed by atoms with Gasteiger partial charge >= 0.3 is 0 Å². The molecule has 1 atom stereocenters. The first-order chi connectivity index (χ1) is 6.27. The van der Waals surface area contributed by atoms with E-state index in [0.29, 0.717) is 6.04 Å². The van der Waals surface area contributed by atoms with Gasteiger partial charge < -0.3 is 10.6 Å². The summed E-state index contributed by atoms with van der Waals surface area (Å²) in [5, 5.41) is 0. The minimum absolute atomic E-state index is 0.317. The summed E-state index contributed by atoms with van der Waals surface area (Å²) in [6.07, 6.45) is 2.21. The van der Waals surface area contributed by atoms with Crippen LogP contribution in [0.3, 0.4) is 0 Å². The molecule has 0 aliphatic carbocycles. The quantitative estimate of drug-likeness (QED) is 0.647. The van der Waals surface area contributed by atoms with Crippen molar-refractivity contribution in [3.63, 3.8) is 0 Å². The molecule has 2 heteroatoms. The molecule has 70 valence electrons. The molecule has 0 saturated heterocycles. The number of rotatable bonds is 0. The maximum absolute atomic E-state index is 5.96. The smallest absolute Gasteiger partial charge is 0.0396 e. The molecule has 0 radical (unpaired) electrons. The van der Waals surface area contributed by atoms with Crippen molar-refractivity contribution in [1.29, 1.82) is 0 Å². The van der Waals surface area contributed by atoms with E-state index >= 15 is 0 Å². The lowest BCUT2D eigenvalue weighted by Gasteiger charge is -2.20. The molecule has 0 saturated carbocycles. The van der Waals surface area contributed by atoms with Crippen LogP contribution >= 0.6 is 0 Å². The van der Waals surface area contributed by atoms with E-state index in [1.54, 1.807) is 0 Å². The molecule has 2 nitrogen and oxygen atoms in total. The number of nitrogens with two attached hydrogens (primary N) is 1. The third-order valence-corrected chi connectivity index (χ3v) is 2.70. The Hall–Kier alpha value is -1.02. The van der Waals surface area contributed by atoms with Crippen LogP contribution in [0.2, 0.25) is 0 Å². The van der Waals surface area contributed by atoms with Gasteiger partial charge in [-0.15, -0.1) is 0 Å². The maximum atomic E-state index is 5.96. The van der Waals surface area contributed by atoms with Gasteiger partial charge in [0.1, 0.15) is 0 Å². The fraction of sp³-hybridized carbons (Fsp3) is 0.455. The van der Waals surface area contributed by atoms with E-state index in [1.165, 1.54) is 11.3 Å². The van der Waals surface area contributed by atoms with Crippen LogP contribution in [0.1, 0.15) is 12.0 Å². The summed E-state index contributed by atoms with van der Waals surface area (Å²) >= 11 is 0. The highest BCUT2D eigenvalue weighted by molar-refractivity contribution is 5.54. The molecule has 1 aromatic rings. The zero-order chi connectivity index (χ0) is 9.26. The van der Waals surface area contributed by atoms with Gasteiger partial charge in [-0.05, 0) is 24.5 Å². The van der Waals surface area contributed by atoms with Crippen LogP contribution in [-0.4, -0.2) is 19.6 Å². The largest absolute Gasteiger partial charge is 0.373 e. The molecule has 0 fully saturated rings. The average Bonchev–Trinajstić information content (AvgIpc) is 2.27. The lowest BCUT2D eigenvalue weighted by Crippen LogP contribution is -2.33. The van der Waals surface area contributed by atoms with Crippen LogP contribution < -0.4 is 10.6 Å². The molecular formula is C11H16N2. The van der Waals surface area contributed by atoms with E-state index in [1.807, 2.05) is 0 Å². The number of benzene rings is 1. The zero-order valence-electron chi connectivity index (χ0n) is 8.03. The number of nitrogens with zero attached hydrogens (tertiary/aromatic N) is 1. The number of para-hydroxylation sites is 1. The number of hydrogen-bond acceptors (Lipinski definition) is 2. The Balaban J connectivity index is 2.35. The Morgan fingerprint density at radius 3 is 3.00 bits per heavy atom. The Morgan fingerprint density at radius 1 is 1.38 bits per heavy atom. The van der Waals surface area contributed by atoms with E-state index < -0.39 is 0 Å².